The Morgan fingerprint density at radius 3 is 0.824 bits per heavy atom. The van der Waals surface area contributed by atoms with E-state index < -0.39 is 5.41 Å². The molecule has 0 saturated heterocycles. The van der Waals surface area contributed by atoms with Gasteiger partial charge >= 0.3 is 0 Å². The van der Waals surface area contributed by atoms with Crippen LogP contribution in [0.25, 0.3) is 122 Å². The van der Waals surface area contributed by atoms with Crippen molar-refractivity contribution in [2.24, 2.45) is 0 Å². The fourth-order valence-electron chi connectivity index (χ4n) is 19.2. The second kappa shape index (κ2) is 29.8. The number of hydrogen-bond donors (Lipinski definition) is 0. The van der Waals surface area contributed by atoms with Crippen molar-refractivity contribution in [2.45, 2.75) is 5.41 Å². The van der Waals surface area contributed by atoms with Gasteiger partial charge in [-0.1, -0.05) is 406 Å². The number of benzene rings is 19. The van der Waals surface area contributed by atoms with Gasteiger partial charge in [-0.05, 0) is 188 Å². The van der Waals surface area contributed by atoms with Crippen LogP contribution in [0.3, 0.4) is 0 Å². The first-order valence-electron chi connectivity index (χ1n) is 41.1. The smallest absolute Gasteiger partial charge is 0.252 e. The maximum atomic E-state index is 7.51. The number of ether oxygens (including phenoxy) is 1. The molecule has 22 rings (SSSR count). The van der Waals surface area contributed by atoms with Gasteiger partial charge in [-0.3, -0.25) is 0 Å². The van der Waals surface area contributed by atoms with Gasteiger partial charge in [0.05, 0.1) is 16.8 Å². The van der Waals surface area contributed by atoms with Crippen molar-refractivity contribution in [1.82, 2.24) is 0 Å². The number of para-hydroxylation sites is 3. The first-order valence-corrected chi connectivity index (χ1v) is 41.1. The summed E-state index contributed by atoms with van der Waals surface area (Å²) >= 11 is 0. The van der Waals surface area contributed by atoms with E-state index in [1.807, 2.05) is 0 Å². The number of anilines is 6. The van der Waals surface area contributed by atoms with Crippen LogP contribution >= 0.6 is 0 Å². The number of rotatable bonds is 15. The molecular weight excluding hydrogens is 1440 g/mol. The third-order valence-electron chi connectivity index (χ3n) is 24.6. The maximum absolute atomic E-state index is 7.51. The number of fused-ring (bicyclic) bond motifs is 6. The zero-order valence-corrected chi connectivity index (χ0v) is 65.3. The highest BCUT2D eigenvalue weighted by atomic mass is 16.5. The molecule has 0 bridgehead atoms. The highest BCUT2D eigenvalue weighted by molar-refractivity contribution is 7.00. The predicted molar refractivity (Wildman–Crippen MR) is 499 cm³/mol. The Kier molecular flexibility index (Phi) is 17.6. The van der Waals surface area contributed by atoms with Crippen molar-refractivity contribution in [3.05, 3.63) is 489 Å². The number of hydrogen-bond acceptors (Lipinski definition) is 3. The molecule has 3 heterocycles. The van der Waals surface area contributed by atoms with Crippen LogP contribution in [-0.4, -0.2) is 6.71 Å². The molecule has 0 spiro atoms. The molecule has 4 heteroatoms. The first-order chi connectivity index (χ1) is 59.0. The van der Waals surface area contributed by atoms with E-state index in [4.69, 9.17) is 4.74 Å². The third kappa shape index (κ3) is 12.3. The summed E-state index contributed by atoms with van der Waals surface area (Å²) in [7, 11) is 0. The van der Waals surface area contributed by atoms with Crippen LogP contribution in [0.4, 0.5) is 34.1 Å². The second-order valence-electron chi connectivity index (χ2n) is 31.3. The van der Waals surface area contributed by atoms with Gasteiger partial charge in [0.15, 0.2) is 0 Å². The van der Waals surface area contributed by atoms with Gasteiger partial charge in [-0.25, -0.2) is 0 Å². The summed E-state index contributed by atoms with van der Waals surface area (Å²) in [6, 6.07) is 173. The lowest BCUT2D eigenvalue weighted by Gasteiger charge is -2.46. The molecule has 0 aromatic heterocycles. The van der Waals surface area contributed by atoms with E-state index in [-0.39, 0.29) is 6.71 Å². The van der Waals surface area contributed by atoms with Gasteiger partial charge in [0, 0.05) is 56.1 Å². The van der Waals surface area contributed by atoms with Crippen LogP contribution in [0, 0.1) is 0 Å². The van der Waals surface area contributed by atoms with Crippen LogP contribution in [0.5, 0.6) is 11.5 Å². The number of nitrogens with zero attached hydrogens (tertiary/aromatic N) is 2. The van der Waals surface area contributed by atoms with Crippen molar-refractivity contribution < 1.29 is 4.74 Å². The zero-order chi connectivity index (χ0) is 78.7. The summed E-state index contributed by atoms with van der Waals surface area (Å²) in [4.78, 5) is 5.37. The van der Waals surface area contributed by atoms with Crippen LogP contribution in [0.1, 0.15) is 22.3 Å². The Bertz CT molecular complexity index is 6490. The minimum Gasteiger partial charge on any atom is -0.457 e. The molecule has 19 aromatic carbocycles. The van der Waals surface area contributed by atoms with Gasteiger partial charge in [0.2, 0.25) is 0 Å². The van der Waals surface area contributed by atoms with E-state index in [1.165, 1.54) is 16.4 Å². The molecule has 0 fully saturated rings. The molecule has 556 valence electrons. The molecule has 0 amide bonds. The largest absolute Gasteiger partial charge is 0.457 e. The van der Waals surface area contributed by atoms with E-state index in [2.05, 4.69) is 477 Å². The summed E-state index contributed by atoms with van der Waals surface area (Å²) in [5.41, 5.74) is 38.1. The van der Waals surface area contributed by atoms with Gasteiger partial charge in [-0.2, -0.15) is 0 Å². The van der Waals surface area contributed by atoms with Gasteiger partial charge < -0.3 is 14.5 Å². The Morgan fingerprint density at radius 2 is 0.462 bits per heavy atom. The fourth-order valence-corrected chi connectivity index (χ4v) is 19.2. The Hall–Kier alpha value is -15.4. The van der Waals surface area contributed by atoms with Crippen LogP contribution < -0.4 is 30.9 Å². The minimum atomic E-state index is -0.746. The topological polar surface area (TPSA) is 15.7 Å². The predicted octanol–water partition coefficient (Wildman–Crippen LogP) is 28.6. The average Bonchev–Trinajstić information content (AvgIpc) is 0.689. The lowest BCUT2D eigenvalue weighted by molar-refractivity contribution is 0.435. The SMILES string of the molecule is c1ccc(-c2cccc(-c3cccc(-c4cccc(-c5ccccc5)c4)c3N3c4ccc(-c5ccccc5)cc4B4c5cc(-c6ccccc6)ccc5N(c5c(-c6cccc(-c7ccccc7)c6)cccc5-c5cccc(-c6ccccc6)c5)c5cc(-c6ccc7c(c6)Oc6ccccc6C7(c6ccccc6)c6ccccc6)cc3c54)c2)cc1. The molecule has 0 saturated carbocycles. The van der Waals surface area contributed by atoms with E-state index in [0.717, 1.165) is 190 Å². The molecule has 19 aromatic rings. The van der Waals surface area contributed by atoms with E-state index in [9.17, 15) is 0 Å². The van der Waals surface area contributed by atoms with Crippen LogP contribution in [0.15, 0.2) is 467 Å². The first kappa shape index (κ1) is 70.3. The normalized spacial score (nSPS) is 12.6. The molecule has 119 heavy (non-hydrogen) atoms. The highest BCUT2D eigenvalue weighted by Gasteiger charge is 2.48. The molecule has 0 aliphatic carbocycles. The summed E-state index contributed by atoms with van der Waals surface area (Å²) in [6.07, 6.45) is 0. The summed E-state index contributed by atoms with van der Waals surface area (Å²) in [5.74, 6) is 1.61. The Morgan fingerprint density at radius 1 is 0.185 bits per heavy atom. The molecule has 0 unspecified atom stereocenters. The standard InChI is InChI=1S/C115H77BN2O/c1-9-33-78(34-10-1)84-45-27-49-91(69-84)98-57-31-58-99(92-50-28-46-85(70-92)79-35-11-2-12-36-79)113(98)117-106-67-64-88(82-41-17-5-18-42-82)73-104(106)116-105-74-89(83-43-19-6-20-44-83)65-68-107(105)118(114-100(93-51-29-47-86(71-93)80-37-13-3-14-38-80)59-32-60-101(114)94-52-30-48-87(72-94)81-39-15-4-16-40-81)109-76-95(75-108(117)112(109)116)90-63-66-103-111(77-90)119-110-62-26-25-61-102(110)115(103,96-53-21-7-22-54-96)97-55-23-8-24-56-97/h1-77H. The summed E-state index contributed by atoms with van der Waals surface area (Å²) < 4.78 is 7.51. The molecular formula is C115H77BN2O. The summed E-state index contributed by atoms with van der Waals surface area (Å²) in [6.45, 7) is -0.337. The quantitative estimate of drug-likeness (QED) is 0.0952. The molecule has 3 nitrogen and oxygen atoms in total. The van der Waals surface area contributed by atoms with E-state index in [1.54, 1.807) is 0 Å². The zero-order valence-electron chi connectivity index (χ0n) is 65.3. The second-order valence-corrected chi connectivity index (χ2v) is 31.3. The Labute approximate surface area is 695 Å². The average molecular weight is 1510 g/mol. The van der Waals surface area contributed by atoms with Crippen molar-refractivity contribution in [1.29, 1.82) is 0 Å². The van der Waals surface area contributed by atoms with Crippen LogP contribution in [-0.2, 0) is 5.41 Å². The fraction of sp³-hybridized carbons (Fsp3) is 0.00870. The van der Waals surface area contributed by atoms with Crippen molar-refractivity contribution in [3.63, 3.8) is 0 Å². The lowest BCUT2D eigenvalue weighted by Crippen LogP contribution is -2.61. The maximum Gasteiger partial charge on any atom is 0.252 e. The van der Waals surface area contributed by atoms with Gasteiger partial charge in [0.25, 0.3) is 6.71 Å². The molecule has 3 aliphatic heterocycles. The monoisotopic (exact) mass is 1510 g/mol. The molecule has 3 aliphatic rings. The van der Waals surface area contributed by atoms with Gasteiger partial charge in [0.1, 0.15) is 11.5 Å². The lowest BCUT2D eigenvalue weighted by atomic mass is 9.33. The van der Waals surface area contributed by atoms with Gasteiger partial charge in [-0.15, -0.1) is 0 Å². The van der Waals surface area contributed by atoms with Crippen molar-refractivity contribution in [2.75, 3.05) is 9.80 Å². The Balaban J connectivity index is 0.898. The van der Waals surface area contributed by atoms with E-state index in [0.29, 0.717) is 0 Å². The molecule has 0 radical (unpaired) electrons. The molecule has 0 N–H and O–H groups in total. The van der Waals surface area contributed by atoms with Crippen molar-refractivity contribution >= 4 is 57.2 Å². The summed E-state index contributed by atoms with van der Waals surface area (Å²) in [5, 5.41) is 0. The molecule has 0 atom stereocenters. The highest BCUT2D eigenvalue weighted by Crippen LogP contribution is 2.59. The minimum absolute atomic E-state index is 0.337. The van der Waals surface area contributed by atoms with Crippen LogP contribution in [0.2, 0.25) is 0 Å². The van der Waals surface area contributed by atoms with Crippen molar-refractivity contribution in [3.8, 4) is 134 Å². The third-order valence-corrected chi connectivity index (χ3v) is 24.6. The van der Waals surface area contributed by atoms with E-state index >= 15 is 0 Å².